The van der Waals surface area contributed by atoms with Gasteiger partial charge in [0.25, 0.3) is 11.6 Å². The molecule has 116 valence electrons. The quantitative estimate of drug-likeness (QED) is 0.578. The maximum atomic E-state index is 12.1. The second kappa shape index (κ2) is 6.01. The molecule has 3 rings (SSSR count). The average molecular weight is 329 g/mol. The van der Waals surface area contributed by atoms with Gasteiger partial charge in [-0.25, -0.2) is 4.98 Å². The Kier molecular flexibility index (Phi) is 3.90. The zero-order valence-corrected chi connectivity index (χ0v) is 12.8. The Morgan fingerprint density at radius 2 is 2.17 bits per heavy atom. The highest BCUT2D eigenvalue weighted by atomic mass is 32.1. The van der Waals surface area contributed by atoms with Gasteiger partial charge in [0.05, 0.1) is 4.92 Å². The number of nitrogens with one attached hydrogen (secondary N) is 1. The molecular weight excluding hydrogens is 318 g/mol. The molecule has 3 aromatic rings. The van der Waals surface area contributed by atoms with Gasteiger partial charge in [0, 0.05) is 28.8 Å². The highest BCUT2D eigenvalue weighted by Crippen LogP contribution is 2.26. The van der Waals surface area contributed by atoms with E-state index in [2.05, 4.69) is 10.3 Å². The molecule has 0 spiro atoms. The van der Waals surface area contributed by atoms with Gasteiger partial charge in [-0.2, -0.15) is 0 Å². The topological polar surface area (TPSA) is 98.3 Å². The van der Waals surface area contributed by atoms with E-state index >= 15 is 0 Å². The lowest BCUT2D eigenvalue weighted by Crippen LogP contribution is -2.10. The van der Waals surface area contributed by atoms with Crippen LogP contribution in [0.1, 0.15) is 15.4 Å². The van der Waals surface area contributed by atoms with E-state index in [1.54, 1.807) is 24.4 Å². The standard InChI is InChI=1S/C15H11N3O4S/c1-9-8-16-15(23-9)17-14(19)13-6-5-12(22-13)10-3-2-4-11(7-10)18(20)21/h2-8H,1H3,(H,16,17,19). The van der Waals surface area contributed by atoms with Crippen LogP contribution < -0.4 is 5.32 Å². The van der Waals surface area contributed by atoms with E-state index < -0.39 is 10.8 Å². The van der Waals surface area contributed by atoms with Gasteiger partial charge in [-0.15, -0.1) is 11.3 Å². The van der Waals surface area contributed by atoms with E-state index in [-0.39, 0.29) is 11.4 Å². The number of nitro benzene ring substituents is 1. The van der Waals surface area contributed by atoms with Gasteiger partial charge in [-0.05, 0) is 19.1 Å². The van der Waals surface area contributed by atoms with Crippen molar-refractivity contribution < 1.29 is 14.1 Å². The summed E-state index contributed by atoms with van der Waals surface area (Å²) in [6.07, 6.45) is 1.66. The summed E-state index contributed by atoms with van der Waals surface area (Å²) in [7, 11) is 0. The number of rotatable bonds is 4. The Balaban J connectivity index is 1.81. The fourth-order valence-electron chi connectivity index (χ4n) is 1.96. The minimum Gasteiger partial charge on any atom is -0.451 e. The van der Waals surface area contributed by atoms with Crippen molar-refractivity contribution in [2.24, 2.45) is 0 Å². The molecule has 23 heavy (non-hydrogen) atoms. The van der Waals surface area contributed by atoms with E-state index in [0.717, 1.165) is 4.88 Å². The zero-order chi connectivity index (χ0) is 16.4. The fourth-order valence-corrected chi connectivity index (χ4v) is 2.62. The minimum atomic E-state index is -0.481. The first kappa shape index (κ1) is 14.9. The third-order valence-electron chi connectivity index (χ3n) is 3.01. The Morgan fingerprint density at radius 3 is 2.87 bits per heavy atom. The van der Waals surface area contributed by atoms with Crippen molar-refractivity contribution in [3.63, 3.8) is 0 Å². The van der Waals surface area contributed by atoms with Crippen LogP contribution in [0.3, 0.4) is 0 Å². The van der Waals surface area contributed by atoms with Crippen LogP contribution in [-0.2, 0) is 0 Å². The summed E-state index contributed by atoms with van der Waals surface area (Å²) in [5.41, 5.74) is 0.492. The number of carbonyl (C=O) groups excluding carboxylic acids is 1. The summed E-state index contributed by atoms with van der Waals surface area (Å²) in [5.74, 6) is 0.0737. The fraction of sp³-hybridized carbons (Fsp3) is 0.0667. The molecule has 0 aliphatic rings. The number of furan rings is 1. The van der Waals surface area contributed by atoms with Crippen molar-refractivity contribution in [2.75, 3.05) is 5.32 Å². The number of benzene rings is 1. The summed E-state index contributed by atoms with van der Waals surface area (Å²) in [6.45, 7) is 1.89. The largest absolute Gasteiger partial charge is 0.451 e. The molecule has 0 aliphatic heterocycles. The second-order valence-corrected chi connectivity index (χ2v) is 5.94. The molecule has 0 bridgehead atoms. The third-order valence-corrected chi connectivity index (χ3v) is 3.84. The number of aromatic nitrogens is 1. The number of hydrogen-bond acceptors (Lipinski definition) is 6. The predicted molar refractivity (Wildman–Crippen MR) is 85.6 cm³/mol. The molecule has 7 nitrogen and oxygen atoms in total. The first-order valence-corrected chi connectivity index (χ1v) is 7.43. The number of hydrogen-bond donors (Lipinski definition) is 1. The van der Waals surface area contributed by atoms with Crippen molar-refractivity contribution in [1.82, 2.24) is 4.98 Å². The van der Waals surface area contributed by atoms with Crippen molar-refractivity contribution >= 4 is 28.1 Å². The number of nitrogens with zero attached hydrogens (tertiary/aromatic N) is 2. The first-order chi connectivity index (χ1) is 11.0. The van der Waals surface area contributed by atoms with Gasteiger partial charge in [0.15, 0.2) is 10.9 Å². The van der Waals surface area contributed by atoms with Crippen LogP contribution in [0.2, 0.25) is 0 Å². The molecule has 0 unspecified atom stereocenters. The highest BCUT2D eigenvalue weighted by Gasteiger charge is 2.15. The molecule has 1 aromatic carbocycles. The average Bonchev–Trinajstić information content (AvgIpc) is 3.16. The van der Waals surface area contributed by atoms with Gasteiger partial charge in [0.2, 0.25) is 0 Å². The molecule has 0 saturated carbocycles. The SMILES string of the molecule is Cc1cnc(NC(=O)c2ccc(-c3cccc([N+](=O)[O-])c3)o2)s1. The van der Waals surface area contributed by atoms with Crippen LogP contribution in [0, 0.1) is 17.0 Å². The van der Waals surface area contributed by atoms with Crippen LogP contribution in [0.5, 0.6) is 0 Å². The predicted octanol–water partition coefficient (Wildman–Crippen LogP) is 3.87. The van der Waals surface area contributed by atoms with Gasteiger partial charge in [0.1, 0.15) is 5.76 Å². The number of aryl methyl sites for hydroxylation is 1. The molecule has 1 amide bonds. The normalized spacial score (nSPS) is 10.5. The molecule has 0 fully saturated rings. The zero-order valence-electron chi connectivity index (χ0n) is 12.0. The third kappa shape index (κ3) is 3.27. The summed E-state index contributed by atoms with van der Waals surface area (Å²) in [4.78, 5) is 27.5. The Morgan fingerprint density at radius 1 is 1.35 bits per heavy atom. The molecule has 0 radical (unpaired) electrons. The van der Waals surface area contributed by atoms with E-state index in [1.807, 2.05) is 6.92 Å². The van der Waals surface area contributed by atoms with Crippen molar-refractivity contribution in [3.05, 3.63) is 63.3 Å². The molecule has 0 saturated heterocycles. The Hall–Kier alpha value is -3.00. The maximum absolute atomic E-state index is 12.1. The monoisotopic (exact) mass is 329 g/mol. The molecule has 0 atom stereocenters. The Labute approximate surface area is 134 Å². The highest BCUT2D eigenvalue weighted by molar-refractivity contribution is 7.15. The molecule has 2 heterocycles. The lowest BCUT2D eigenvalue weighted by Gasteiger charge is -1.99. The molecule has 1 N–H and O–H groups in total. The summed E-state index contributed by atoms with van der Waals surface area (Å²) < 4.78 is 5.49. The van der Waals surface area contributed by atoms with E-state index in [4.69, 9.17) is 4.42 Å². The smallest absolute Gasteiger partial charge is 0.293 e. The van der Waals surface area contributed by atoms with Crippen molar-refractivity contribution in [3.8, 4) is 11.3 Å². The lowest BCUT2D eigenvalue weighted by molar-refractivity contribution is -0.384. The van der Waals surface area contributed by atoms with E-state index in [9.17, 15) is 14.9 Å². The summed E-state index contributed by atoms with van der Waals surface area (Å²) in [6, 6.07) is 9.15. The Bertz CT molecular complexity index is 884. The molecular formula is C15H11N3O4S. The number of carbonyl (C=O) groups is 1. The van der Waals surface area contributed by atoms with Crippen LogP contribution in [-0.4, -0.2) is 15.8 Å². The molecule has 8 heteroatoms. The number of non-ortho nitro benzene ring substituents is 1. The van der Waals surface area contributed by atoms with Gasteiger partial charge >= 0.3 is 0 Å². The van der Waals surface area contributed by atoms with Gasteiger partial charge in [-0.3, -0.25) is 20.2 Å². The number of anilines is 1. The first-order valence-electron chi connectivity index (χ1n) is 6.61. The maximum Gasteiger partial charge on any atom is 0.293 e. The number of thiazole rings is 1. The van der Waals surface area contributed by atoms with Crippen LogP contribution >= 0.6 is 11.3 Å². The van der Waals surface area contributed by atoms with E-state index in [1.165, 1.54) is 29.5 Å². The van der Waals surface area contributed by atoms with Gasteiger partial charge < -0.3 is 4.42 Å². The molecule has 2 aromatic heterocycles. The lowest BCUT2D eigenvalue weighted by atomic mass is 10.1. The minimum absolute atomic E-state index is 0.0387. The van der Waals surface area contributed by atoms with Crippen LogP contribution in [0.25, 0.3) is 11.3 Å². The van der Waals surface area contributed by atoms with Crippen molar-refractivity contribution in [2.45, 2.75) is 6.92 Å². The van der Waals surface area contributed by atoms with Crippen LogP contribution in [0.15, 0.2) is 47.0 Å². The summed E-state index contributed by atoms with van der Waals surface area (Å²) >= 11 is 1.36. The van der Waals surface area contributed by atoms with Crippen LogP contribution in [0.4, 0.5) is 10.8 Å². The number of nitro groups is 1. The second-order valence-electron chi connectivity index (χ2n) is 4.70. The van der Waals surface area contributed by atoms with Gasteiger partial charge in [-0.1, -0.05) is 12.1 Å². The number of amides is 1. The van der Waals surface area contributed by atoms with E-state index in [0.29, 0.717) is 16.5 Å². The van der Waals surface area contributed by atoms with Crippen molar-refractivity contribution in [1.29, 1.82) is 0 Å². The molecule has 0 aliphatic carbocycles. The summed E-state index contributed by atoms with van der Waals surface area (Å²) in [5, 5.41) is 13.9.